The van der Waals surface area contributed by atoms with Gasteiger partial charge in [-0.05, 0) is 0 Å². The van der Waals surface area contributed by atoms with Crippen molar-refractivity contribution in [2.24, 2.45) is 0 Å². The molecule has 0 spiro atoms. The normalized spacial score (nSPS) is 12.1. The molecule has 29 heavy (non-hydrogen) atoms. The van der Waals surface area contributed by atoms with E-state index in [1.165, 1.54) is 0 Å². The lowest BCUT2D eigenvalue weighted by Gasteiger charge is -2.22. The highest BCUT2D eigenvalue weighted by Gasteiger charge is 2.45. The Bertz CT molecular complexity index is 1110. The van der Waals surface area contributed by atoms with E-state index in [9.17, 15) is 17.7 Å². The summed E-state index contributed by atoms with van der Waals surface area (Å²) < 4.78 is 61.9. The number of benzene rings is 3. The molecule has 6 heteroatoms. The van der Waals surface area contributed by atoms with E-state index in [-0.39, 0.29) is 11.1 Å². The third-order valence-electron chi connectivity index (χ3n) is 4.66. The van der Waals surface area contributed by atoms with Gasteiger partial charge in [0, 0.05) is 16.2 Å². The van der Waals surface area contributed by atoms with E-state index in [1.807, 2.05) is 0 Å². The predicted octanol–water partition coefficient (Wildman–Crippen LogP) is 5.60. The summed E-state index contributed by atoms with van der Waals surface area (Å²) in [6, 6.07) is 24.9. The standard InChI is InChI=1S/C23H16F3O2P/c24-23(25,26)20-16-28-21(17-10-4-1-5-11-17)22(20)29(27,18-12-6-2-7-13-18)19-14-8-3-9-15-19/h1-16H. The van der Waals surface area contributed by atoms with Crippen LogP contribution in [0, 0.1) is 0 Å². The van der Waals surface area contributed by atoms with E-state index in [2.05, 4.69) is 0 Å². The van der Waals surface area contributed by atoms with Gasteiger partial charge < -0.3 is 8.98 Å². The van der Waals surface area contributed by atoms with E-state index in [0.29, 0.717) is 22.4 Å². The Morgan fingerprint density at radius 3 is 1.59 bits per heavy atom. The minimum atomic E-state index is -4.72. The average Bonchev–Trinajstić information content (AvgIpc) is 3.21. The van der Waals surface area contributed by atoms with Gasteiger partial charge in [-0.1, -0.05) is 91.0 Å². The molecule has 0 aliphatic heterocycles. The Morgan fingerprint density at radius 2 is 1.14 bits per heavy atom. The quantitative estimate of drug-likeness (QED) is 0.408. The summed E-state index contributed by atoms with van der Waals surface area (Å²) in [6.07, 6.45) is -4.05. The van der Waals surface area contributed by atoms with Gasteiger partial charge in [-0.25, -0.2) is 0 Å². The Balaban J connectivity index is 2.11. The monoisotopic (exact) mass is 412 g/mol. The third-order valence-corrected chi connectivity index (χ3v) is 7.79. The molecule has 0 aliphatic carbocycles. The fraction of sp³-hybridized carbons (Fsp3) is 0.0435. The second kappa shape index (κ2) is 7.41. The van der Waals surface area contributed by atoms with Crippen molar-refractivity contribution < 1.29 is 22.2 Å². The summed E-state index contributed by atoms with van der Waals surface area (Å²) in [5.41, 5.74) is -0.586. The summed E-state index contributed by atoms with van der Waals surface area (Å²) in [4.78, 5) is 0. The van der Waals surface area contributed by atoms with E-state index in [4.69, 9.17) is 4.42 Å². The first-order valence-electron chi connectivity index (χ1n) is 8.88. The number of furan rings is 1. The maximum absolute atomic E-state index is 14.6. The van der Waals surface area contributed by atoms with Crippen LogP contribution in [0.1, 0.15) is 5.56 Å². The van der Waals surface area contributed by atoms with Crippen molar-refractivity contribution in [3.05, 3.63) is 103 Å². The number of hydrogen-bond acceptors (Lipinski definition) is 2. The van der Waals surface area contributed by atoms with Crippen molar-refractivity contribution in [3.63, 3.8) is 0 Å². The van der Waals surface area contributed by atoms with Crippen molar-refractivity contribution in [1.82, 2.24) is 0 Å². The molecule has 0 fully saturated rings. The fourth-order valence-corrected chi connectivity index (χ4v) is 6.33. The first kappa shape index (κ1) is 19.3. The van der Waals surface area contributed by atoms with Crippen molar-refractivity contribution in [2.75, 3.05) is 0 Å². The SMILES string of the molecule is O=P(c1ccccc1)(c1ccccc1)c1c(C(F)(F)F)coc1-c1ccccc1. The molecule has 0 saturated carbocycles. The van der Waals surface area contributed by atoms with Crippen LogP contribution in [0.5, 0.6) is 0 Å². The van der Waals surface area contributed by atoms with Crippen LogP contribution in [0.25, 0.3) is 11.3 Å². The molecule has 4 aromatic rings. The number of rotatable bonds is 4. The Labute approximate surface area is 166 Å². The second-order valence-corrected chi connectivity index (χ2v) is 9.17. The van der Waals surface area contributed by atoms with Gasteiger partial charge >= 0.3 is 6.18 Å². The number of alkyl halides is 3. The summed E-state index contributed by atoms with van der Waals surface area (Å²) >= 11 is 0. The van der Waals surface area contributed by atoms with Crippen LogP contribution in [0.2, 0.25) is 0 Å². The number of hydrogen-bond donors (Lipinski definition) is 0. The van der Waals surface area contributed by atoms with E-state index in [0.717, 1.165) is 0 Å². The lowest BCUT2D eigenvalue weighted by Crippen LogP contribution is -2.29. The molecule has 0 aliphatic rings. The Kier molecular flexibility index (Phi) is 4.93. The molecule has 4 rings (SSSR count). The molecular formula is C23H16F3O2P. The zero-order chi connectivity index (χ0) is 20.5. The van der Waals surface area contributed by atoms with Gasteiger partial charge in [0.05, 0.1) is 5.30 Å². The van der Waals surface area contributed by atoms with Gasteiger partial charge in [0.1, 0.15) is 17.6 Å². The summed E-state index contributed by atoms with van der Waals surface area (Å²) in [5.74, 6) is -0.0334. The van der Waals surface area contributed by atoms with E-state index >= 15 is 0 Å². The van der Waals surface area contributed by atoms with Crippen LogP contribution in [-0.2, 0) is 10.7 Å². The van der Waals surface area contributed by atoms with Gasteiger partial charge in [-0.2, -0.15) is 13.2 Å². The Morgan fingerprint density at radius 1 is 0.690 bits per heavy atom. The van der Waals surface area contributed by atoms with Crippen LogP contribution >= 0.6 is 7.14 Å². The average molecular weight is 412 g/mol. The lowest BCUT2D eigenvalue weighted by atomic mass is 10.1. The van der Waals surface area contributed by atoms with E-state index < -0.39 is 18.9 Å². The highest BCUT2D eigenvalue weighted by Crippen LogP contribution is 2.49. The van der Waals surface area contributed by atoms with Crippen molar-refractivity contribution in [1.29, 1.82) is 0 Å². The van der Waals surface area contributed by atoms with E-state index in [1.54, 1.807) is 91.0 Å². The minimum absolute atomic E-state index is 0.0334. The van der Waals surface area contributed by atoms with Crippen molar-refractivity contribution >= 4 is 23.1 Å². The van der Waals surface area contributed by atoms with Crippen molar-refractivity contribution in [2.45, 2.75) is 6.18 Å². The molecule has 0 amide bonds. The molecule has 0 atom stereocenters. The van der Waals surface area contributed by atoms with Crippen LogP contribution in [-0.4, -0.2) is 0 Å². The molecule has 0 bridgehead atoms. The molecule has 0 saturated heterocycles. The molecule has 3 aromatic carbocycles. The zero-order valence-corrected chi connectivity index (χ0v) is 16.0. The molecule has 1 aromatic heterocycles. The molecule has 146 valence electrons. The largest absolute Gasteiger partial charge is 0.463 e. The van der Waals surface area contributed by atoms with Crippen LogP contribution in [0.3, 0.4) is 0 Å². The third kappa shape index (κ3) is 3.43. The lowest BCUT2D eigenvalue weighted by molar-refractivity contribution is -0.137. The summed E-state index contributed by atoms with van der Waals surface area (Å²) in [7, 11) is -3.88. The van der Waals surface area contributed by atoms with Crippen LogP contribution in [0.4, 0.5) is 13.2 Å². The fourth-order valence-electron chi connectivity index (χ4n) is 3.34. The van der Waals surface area contributed by atoms with Gasteiger partial charge in [-0.3, -0.25) is 0 Å². The first-order chi connectivity index (χ1) is 13.9. The highest BCUT2D eigenvalue weighted by molar-refractivity contribution is 7.85. The minimum Gasteiger partial charge on any atom is -0.463 e. The molecule has 0 unspecified atom stereocenters. The second-order valence-electron chi connectivity index (χ2n) is 6.47. The highest BCUT2D eigenvalue weighted by atomic mass is 31.2. The summed E-state index contributed by atoms with van der Waals surface area (Å²) in [6.45, 7) is 0. The maximum Gasteiger partial charge on any atom is 0.420 e. The van der Waals surface area contributed by atoms with Gasteiger partial charge in [-0.15, -0.1) is 0 Å². The number of halogens is 3. The molecular weight excluding hydrogens is 396 g/mol. The summed E-state index contributed by atoms with van der Waals surface area (Å²) in [5, 5.41) is 0.305. The maximum atomic E-state index is 14.6. The Hall–Kier alpha value is -3.04. The van der Waals surface area contributed by atoms with Gasteiger partial charge in [0.25, 0.3) is 0 Å². The first-order valence-corrected chi connectivity index (χ1v) is 10.6. The predicted molar refractivity (Wildman–Crippen MR) is 109 cm³/mol. The topological polar surface area (TPSA) is 30.2 Å². The van der Waals surface area contributed by atoms with Gasteiger partial charge in [0.15, 0.2) is 7.14 Å². The van der Waals surface area contributed by atoms with Crippen molar-refractivity contribution in [3.8, 4) is 11.3 Å². The van der Waals surface area contributed by atoms with Crippen LogP contribution < -0.4 is 15.9 Å². The molecule has 0 radical (unpaired) electrons. The molecule has 0 N–H and O–H groups in total. The van der Waals surface area contributed by atoms with Crippen LogP contribution in [0.15, 0.2) is 102 Å². The van der Waals surface area contributed by atoms with Gasteiger partial charge in [0.2, 0.25) is 0 Å². The zero-order valence-electron chi connectivity index (χ0n) is 15.1. The molecule has 1 heterocycles. The molecule has 2 nitrogen and oxygen atoms in total. The smallest absolute Gasteiger partial charge is 0.420 e.